The maximum atomic E-state index is 5.15. The molecule has 44 heavy (non-hydrogen) atoms. The Bertz CT molecular complexity index is 1560. The lowest BCUT2D eigenvalue weighted by molar-refractivity contribution is 0.0606. The Labute approximate surface area is 266 Å². The fourth-order valence-corrected chi connectivity index (χ4v) is 12.1. The van der Waals surface area contributed by atoms with Crippen LogP contribution in [0.3, 0.4) is 0 Å². The average Bonchev–Trinajstić information content (AvgIpc) is 3.44. The van der Waals surface area contributed by atoms with E-state index in [-0.39, 0.29) is 0 Å². The molecule has 3 saturated carbocycles. The number of hydrogen-bond donors (Lipinski definition) is 0. The second-order valence-corrected chi connectivity index (χ2v) is 15.6. The van der Waals surface area contributed by atoms with E-state index in [0.717, 1.165) is 74.4 Å². The van der Waals surface area contributed by atoms with Crippen molar-refractivity contribution in [3.8, 4) is 33.9 Å². The number of hydrogen-bond acceptors (Lipinski definition) is 4. The van der Waals surface area contributed by atoms with E-state index in [2.05, 4.69) is 108 Å². The average molecular weight is 598 g/mol. The summed E-state index contributed by atoms with van der Waals surface area (Å²) in [7, 11) is 0. The quantitative estimate of drug-likeness (QED) is 0.234. The molecule has 3 aliphatic carbocycles. The lowest BCUT2D eigenvalue weighted by Gasteiger charge is -2.53. The first kappa shape index (κ1) is 27.4. The third kappa shape index (κ3) is 4.75. The van der Waals surface area contributed by atoms with Gasteiger partial charge in [-0.25, -0.2) is 9.97 Å². The van der Waals surface area contributed by atoms with Crippen LogP contribution in [0.2, 0.25) is 0 Å². The number of rotatable bonds is 4. The Balaban J connectivity index is 1.03. The second kappa shape index (κ2) is 11.4. The van der Waals surface area contributed by atoms with Crippen molar-refractivity contribution in [3.05, 3.63) is 96.6 Å². The van der Waals surface area contributed by atoms with Crippen molar-refractivity contribution in [1.29, 1.82) is 0 Å². The highest BCUT2D eigenvalue weighted by atomic mass is 32.2. The summed E-state index contributed by atoms with van der Waals surface area (Å²) in [6.45, 7) is 0. The standard InChI is InChI=1S/C40H43N3S/c1-3-11-26(12-4-1)33-25-34(27-13-5-2-6-14-27)42-40(41-33)30-16-9-15-28(23-30)29-21-22-35-32(24-29)31-17-10-20-38-39(31)43(35)36-18-7-8-19-37(36)44-38/h1-6,9,11-16,23,25,29,31-32,35-39H,7-8,10,17-22,24H2. The van der Waals surface area contributed by atoms with Gasteiger partial charge in [0.1, 0.15) is 0 Å². The molecule has 0 spiro atoms. The highest BCUT2D eigenvalue weighted by Crippen LogP contribution is 2.59. The molecule has 0 N–H and O–H groups in total. The predicted octanol–water partition coefficient (Wildman–Crippen LogP) is 9.64. The number of fused-ring (bicyclic) bond motifs is 5. The van der Waals surface area contributed by atoms with Crippen LogP contribution in [0.25, 0.3) is 33.9 Å². The zero-order valence-corrected chi connectivity index (χ0v) is 26.4. The molecule has 8 atom stereocenters. The van der Waals surface area contributed by atoms with Gasteiger partial charge in [-0.1, -0.05) is 98.1 Å². The van der Waals surface area contributed by atoms with E-state index in [1.807, 2.05) is 0 Å². The van der Waals surface area contributed by atoms with E-state index < -0.39 is 0 Å². The van der Waals surface area contributed by atoms with Gasteiger partial charge in [-0.05, 0) is 80.4 Å². The minimum absolute atomic E-state index is 0.638. The summed E-state index contributed by atoms with van der Waals surface area (Å²) >= 11 is 2.43. The van der Waals surface area contributed by atoms with Gasteiger partial charge in [0.15, 0.2) is 5.82 Å². The van der Waals surface area contributed by atoms with Gasteiger partial charge in [-0.15, -0.1) is 0 Å². The molecule has 9 rings (SSSR count). The molecule has 1 aromatic heterocycles. The molecule has 0 bridgehead atoms. The Hall–Kier alpha value is -2.95. The first-order chi connectivity index (χ1) is 21.8. The summed E-state index contributed by atoms with van der Waals surface area (Å²) in [6.07, 6.45) is 14.3. The van der Waals surface area contributed by atoms with Crippen molar-refractivity contribution >= 4 is 11.8 Å². The topological polar surface area (TPSA) is 29.0 Å². The van der Waals surface area contributed by atoms with Gasteiger partial charge in [0.25, 0.3) is 0 Å². The molecule has 8 unspecified atom stereocenters. The summed E-state index contributed by atoms with van der Waals surface area (Å²) in [4.78, 5) is 13.5. The van der Waals surface area contributed by atoms with Gasteiger partial charge in [-0.2, -0.15) is 11.8 Å². The molecule has 5 aliphatic rings. The van der Waals surface area contributed by atoms with E-state index in [1.165, 1.54) is 69.8 Å². The van der Waals surface area contributed by atoms with E-state index in [0.29, 0.717) is 5.92 Å². The molecule has 2 saturated heterocycles. The zero-order chi connectivity index (χ0) is 29.0. The highest BCUT2D eigenvalue weighted by molar-refractivity contribution is 8.00. The molecular weight excluding hydrogens is 555 g/mol. The number of nitrogens with zero attached hydrogens (tertiary/aromatic N) is 3. The van der Waals surface area contributed by atoms with Gasteiger partial charge in [0.05, 0.1) is 11.4 Å². The van der Waals surface area contributed by atoms with Gasteiger partial charge in [-0.3, -0.25) is 4.90 Å². The summed E-state index contributed by atoms with van der Waals surface area (Å²) in [6, 6.07) is 35.1. The van der Waals surface area contributed by atoms with Crippen molar-refractivity contribution in [2.45, 2.75) is 98.8 Å². The first-order valence-corrected chi connectivity index (χ1v) is 18.3. The SMILES string of the molecule is c1ccc(-c2cc(-c3ccccc3)nc(-c3cccc(C4CCC5C(C4)C4CCCC6SC7CCCCC7N5C64)c3)n2)cc1. The fraction of sp³-hybridized carbons (Fsp3) is 0.450. The molecule has 3 heterocycles. The molecule has 4 aromatic rings. The lowest BCUT2D eigenvalue weighted by Crippen LogP contribution is -2.59. The minimum Gasteiger partial charge on any atom is -0.292 e. The van der Waals surface area contributed by atoms with Crippen LogP contribution < -0.4 is 0 Å². The minimum atomic E-state index is 0.638. The monoisotopic (exact) mass is 597 g/mol. The van der Waals surface area contributed by atoms with E-state index in [9.17, 15) is 0 Å². The van der Waals surface area contributed by atoms with Crippen LogP contribution in [-0.4, -0.2) is 43.5 Å². The maximum absolute atomic E-state index is 5.15. The normalized spacial score (nSPS) is 32.8. The Kier molecular flexibility index (Phi) is 7.12. The number of benzene rings is 3. The van der Waals surface area contributed by atoms with E-state index in [1.54, 1.807) is 0 Å². The van der Waals surface area contributed by atoms with E-state index >= 15 is 0 Å². The molecule has 3 nitrogen and oxygen atoms in total. The van der Waals surface area contributed by atoms with Crippen LogP contribution in [0.5, 0.6) is 0 Å². The Morgan fingerprint density at radius 2 is 1.27 bits per heavy atom. The van der Waals surface area contributed by atoms with Crippen molar-refractivity contribution in [3.63, 3.8) is 0 Å². The zero-order valence-electron chi connectivity index (χ0n) is 25.6. The largest absolute Gasteiger partial charge is 0.292 e. The second-order valence-electron chi connectivity index (χ2n) is 14.2. The van der Waals surface area contributed by atoms with Crippen LogP contribution in [0.15, 0.2) is 91.0 Å². The van der Waals surface area contributed by atoms with Crippen molar-refractivity contribution < 1.29 is 0 Å². The molecule has 2 aliphatic heterocycles. The van der Waals surface area contributed by atoms with Crippen molar-refractivity contribution in [2.24, 2.45) is 11.8 Å². The highest BCUT2D eigenvalue weighted by Gasteiger charge is 2.59. The third-order valence-electron chi connectivity index (χ3n) is 11.9. The number of aromatic nitrogens is 2. The fourth-order valence-electron chi connectivity index (χ4n) is 10.0. The van der Waals surface area contributed by atoms with Crippen LogP contribution in [0.4, 0.5) is 0 Å². The van der Waals surface area contributed by atoms with Crippen LogP contribution in [-0.2, 0) is 0 Å². The lowest BCUT2D eigenvalue weighted by atomic mass is 9.69. The van der Waals surface area contributed by atoms with E-state index in [4.69, 9.17) is 9.97 Å². The molecular formula is C40H43N3S. The smallest absolute Gasteiger partial charge is 0.160 e. The first-order valence-electron chi connectivity index (χ1n) is 17.3. The van der Waals surface area contributed by atoms with Crippen molar-refractivity contribution in [1.82, 2.24) is 14.9 Å². The van der Waals surface area contributed by atoms with Crippen molar-refractivity contribution in [2.75, 3.05) is 0 Å². The molecule has 0 amide bonds. The number of thioether (sulfide) groups is 1. The van der Waals surface area contributed by atoms with Crippen LogP contribution in [0, 0.1) is 11.8 Å². The Morgan fingerprint density at radius 1 is 0.568 bits per heavy atom. The summed E-state index contributed by atoms with van der Waals surface area (Å²) < 4.78 is 0. The maximum Gasteiger partial charge on any atom is 0.160 e. The molecule has 224 valence electrons. The van der Waals surface area contributed by atoms with Gasteiger partial charge in [0.2, 0.25) is 0 Å². The summed E-state index contributed by atoms with van der Waals surface area (Å²) in [5.74, 6) is 3.25. The summed E-state index contributed by atoms with van der Waals surface area (Å²) in [5.41, 5.74) is 6.86. The third-order valence-corrected chi connectivity index (χ3v) is 13.6. The summed E-state index contributed by atoms with van der Waals surface area (Å²) in [5, 5.41) is 1.80. The molecule has 5 fully saturated rings. The molecule has 4 heteroatoms. The predicted molar refractivity (Wildman–Crippen MR) is 183 cm³/mol. The molecule has 3 aromatic carbocycles. The van der Waals surface area contributed by atoms with Crippen LogP contribution in [0.1, 0.15) is 75.7 Å². The molecule has 0 radical (unpaired) electrons. The van der Waals surface area contributed by atoms with Gasteiger partial charge in [0, 0.05) is 45.3 Å². The van der Waals surface area contributed by atoms with Gasteiger partial charge >= 0.3 is 0 Å². The van der Waals surface area contributed by atoms with Crippen LogP contribution >= 0.6 is 11.8 Å². The van der Waals surface area contributed by atoms with Gasteiger partial charge < -0.3 is 0 Å². The Morgan fingerprint density at radius 3 is 2.05 bits per heavy atom.